The van der Waals surface area contributed by atoms with E-state index in [2.05, 4.69) is 28.5 Å². The molecule has 3 aliphatic rings. The van der Waals surface area contributed by atoms with Crippen molar-refractivity contribution in [2.45, 2.75) is 70.9 Å². The van der Waals surface area contributed by atoms with Gasteiger partial charge in [-0.1, -0.05) is 18.0 Å². The molecule has 4 nitrogen and oxygen atoms in total. The number of piperidine rings is 1. The number of hydrogen-bond donors (Lipinski definition) is 2. The predicted octanol–water partition coefficient (Wildman–Crippen LogP) is 5.07. The summed E-state index contributed by atoms with van der Waals surface area (Å²) in [4.78, 5) is 15.3. The number of hydrogen-bond acceptors (Lipinski definition) is 3. The van der Waals surface area contributed by atoms with Gasteiger partial charge in [0.05, 0.1) is 11.4 Å². The van der Waals surface area contributed by atoms with Gasteiger partial charge in [0.2, 0.25) is 5.91 Å². The maximum atomic E-state index is 12.9. The SMILES string of the molecule is CC(Nc1cc(Cl)ccc1N1CCCCC1)C(=O)NC(C)C1CC2CCC1C2. The molecular weight excluding hydrogens is 370 g/mol. The van der Waals surface area contributed by atoms with Gasteiger partial charge in [-0.05, 0) is 88.3 Å². The molecule has 1 aromatic rings. The van der Waals surface area contributed by atoms with Crippen LogP contribution < -0.4 is 15.5 Å². The number of nitrogens with zero attached hydrogens (tertiary/aromatic N) is 1. The van der Waals surface area contributed by atoms with Crippen molar-refractivity contribution in [2.75, 3.05) is 23.3 Å². The van der Waals surface area contributed by atoms with E-state index in [4.69, 9.17) is 11.6 Å². The number of halogens is 1. The molecule has 1 amide bonds. The maximum absolute atomic E-state index is 12.9. The third-order valence-corrected chi connectivity index (χ3v) is 7.46. The largest absolute Gasteiger partial charge is 0.372 e. The van der Waals surface area contributed by atoms with Crippen molar-refractivity contribution in [1.82, 2.24) is 5.32 Å². The lowest BCUT2D eigenvalue weighted by atomic mass is 9.84. The first-order valence-corrected chi connectivity index (χ1v) is 11.5. The van der Waals surface area contributed by atoms with Crippen LogP contribution in [0.1, 0.15) is 58.8 Å². The Kier molecular flexibility index (Phi) is 6.05. The van der Waals surface area contributed by atoms with Crippen LogP contribution >= 0.6 is 11.6 Å². The van der Waals surface area contributed by atoms with Gasteiger partial charge in [-0.15, -0.1) is 0 Å². The molecule has 0 spiro atoms. The van der Waals surface area contributed by atoms with E-state index in [1.165, 1.54) is 44.9 Å². The smallest absolute Gasteiger partial charge is 0.242 e. The summed E-state index contributed by atoms with van der Waals surface area (Å²) in [5.74, 6) is 2.47. The minimum atomic E-state index is -0.289. The molecule has 2 bridgehead atoms. The second kappa shape index (κ2) is 8.52. The number of anilines is 2. The molecule has 154 valence electrons. The number of fused-ring (bicyclic) bond motifs is 2. The summed E-state index contributed by atoms with van der Waals surface area (Å²) in [5.41, 5.74) is 2.12. The van der Waals surface area contributed by atoms with Crippen LogP contribution in [0.3, 0.4) is 0 Å². The predicted molar refractivity (Wildman–Crippen MR) is 117 cm³/mol. The minimum absolute atomic E-state index is 0.0832. The molecule has 3 fully saturated rings. The van der Waals surface area contributed by atoms with Crippen LogP contribution in [0.4, 0.5) is 11.4 Å². The Labute approximate surface area is 174 Å². The lowest BCUT2D eigenvalue weighted by molar-refractivity contribution is -0.122. The van der Waals surface area contributed by atoms with Crippen LogP contribution in [0, 0.1) is 17.8 Å². The van der Waals surface area contributed by atoms with Gasteiger partial charge >= 0.3 is 0 Å². The zero-order valence-corrected chi connectivity index (χ0v) is 18.0. The van der Waals surface area contributed by atoms with E-state index in [0.717, 1.165) is 36.3 Å². The summed E-state index contributed by atoms with van der Waals surface area (Å²) in [6, 6.07) is 5.95. The van der Waals surface area contributed by atoms with Crippen LogP contribution in [0.15, 0.2) is 18.2 Å². The van der Waals surface area contributed by atoms with E-state index in [1.54, 1.807) is 0 Å². The molecule has 1 saturated heterocycles. The lowest BCUT2D eigenvalue weighted by Gasteiger charge is -2.32. The van der Waals surface area contributed by atoms with Crippen molar-refractivity contribution in [2.24, 2.45) is 17.8 Å². The third-order valence-electron chi connectivity index (χ3n) is 7.23. The van der Waals surface area contributed by atoms with Gasteiger partial charge in [0.25, 0.3) is 0 Å². The molecule has 2 saturated carbocycles. The van der Waals surface area contributed by atoms with Crippen molar-refractivity contribution in [3.63, 3.8) is 0 Å². The van der Waals surface area contributed by atoms with E-state index in [9.17, 15) is 4.79 Å². The molecule has 2 N–H and O–H groups in total. The molecule has 1 aliphatic heterocycles. The van der Waals surface area contributed by atoms with Gasteiger partial charge in [0, 0.05) is 24.2 Å². The number of amides is 1. The van der Waals surface area contributed by atoms with Gasteiger partial charge in [0.15, 0.2) is 0 Å². The van der Waals surface area contributed by atoms with Crippen molar-refractivity contribution >= 4 is 28.9 Å². The fourth-order valence-corrected chi connectivity index (χ4v) is 5.87. The van der Waals surface area contributed by atoms with Crippen LogP contribution in [-0.2, 0) is 4.79 Å². The van der Waals surface area contributed by atoms with Crippen LogP contribution in [0.2, 0.25) is 5.02 Å². The Morgan fingerprint density at radius 1 is 1.14 bits per heavy atom. The van der Waals surface area contributed by atoms with Gasteiger partial charge in [-0.2, -0.15) is 0 Å². The second-order valence-electron chi connectivity index (χ2n) is 9.21. The van der Waals surface area contributed by atoms with Crippen LogP contribution in [0.25, 0.3) is 0 Å². The van der Waals surface area contributed by atoms with E-state index >= 15 is 0 Å². The molecule has 5 heteroatoms. The number of carbonyl (C=O) groups excluding carboxylic acids is 1. The average Bonchev–Trinajstić information content (AvgIpc) is 3.32. The van der Waals surface area contributed by atoms with Gasteiger partial charge in [-0.3, -0.25) is 4.79 Å². The summed E-state index contributed by atoms with van der Waals surface area (Å²) < 4.78 is 0. The highest BCUT2D eigenvalue weighted by molar-refractivity contribution is 6.31. The molecule has 0 radical (unpaired) electrons. The Hall–Kier alpha value is -1.42. The molecule has 1 heterocycles. The zero-order valence-electron chi connectivity index (χ0n) is 17.2. The van der Waals surface area contributed by atoms with E-state index < -0.39 is 0 Å². The van der Waals surface area contributed by atoms with E-state index in [1.807, 2.05) is 19.1 Å². The Balaban J connectivity index is 1.39. The van der Waals surface area contributed by atoms with Crippen LogP contribution in [0.5, 0.6) is 0 Å². The molecule has 4 rings (SSSR count). The topological polar surface area (TPSA) is 44.4 Å². The zero-order chi connectivity index (χ0) is 19.7. The summed E-state index contributed by atoms with van der Waals surface area (Å²) in [6.45, 7) is 6.27. The first-order valence-electron chi connectivity index (χ1n) is 11.1. The molecular formula is C23H34ClN3O. The van der Waals surface area contributed by atoms with Crippen molar-refractivity contribution < 1.29 is 4.79 Å². The highest BCUT2D eigenvalue weighted by Crippen LogP contribution is 2.49. The number of carbonyl (C=O) groups is 1. The molecule has 0 aromatic heterocycles. The maximum Gasteiger partial charge on any atom is 0.242 e. The Morgan fingerprint density at radius 3 is 2.61 bits per heavy atom. The number of benzene rings is 1. The van der Waals surface area contributed by atoms with Crippen molar-refractivity contribution in [1.29, 1.82) is 0 Å². The first-order chi connectivity index (χ1) is 13.5. The second-order valence-corrected chi connectivity index (χ2v) is 9.65. The Bertz CT molecular complexity index is 703. The van der Waals surface area contributed by atoms with Gasteiger partial charge in [0.1, 0.15) is 6.04 Å². The molecule has 28 heavy (non-hydrogen) atoms. The highest BCUT2D eigenvalue weighted by atomic mass is 35.5. The minimum Gasteiger partial charge on any atom is -0.372 e. The summed E-state index contributed by atoms with van der Waals surface area (Å²) in [6.07, 6.45) is 9.16. The quantitative estimate of drug-likeness (QED) is 0.696. The van der Waals surface area contributed by atoms with Crippen LogP contribution in [-0.4, -0.2) is 31.1 Å². The highest BCUT2D eigenvalue weighted by Gasteiger charge is 2.42. The first kappa shape index (κ1) is 19.9. The van der Waals surface area contributed by atoms with E-state index in [0.29, 0.717) is 10.9 Å². The summed E-state index contributed by atoms with van der Waals surface area (Å²) in [5, 5.41) is 7.43. The molecule has 5 unspecified atom stereocenters. The monoisotopic (exact) mass is 403 g/mol. The average molecular weight is 404 g/mol. The fourth-order valence-electron chi connectivity index (χ4n) is 5.70. The summed E-state index contributed by atoms with van der Waals surface area (Å²) >= 11 is 6.27. The molecule has 5 atom stereocenters. The molecule has 1 aromatic carbocycles. The lowest BCUT2D eigenvalue weighted by Crippen LogP contribution is -2.46. The Morgan fingerprint density at radius 2 is 1.93 bits per heavy atom. The van der Waals surface area contributed by atoms with Gasteiger partial charge in [-0.25, -0.2) is 0 Å². The van der Waals surface area contributed by atoms with E-state index in [-0.39, 0.29) is 18.0 Å². The molecule has 2 aliphatic carbocycles. The van der Waals surface area contributed by atoms with Crippen molar-refractivity contribution in [3.05, 3.63) is 23.2 Å². The normalized spacial score (nSPS) is 28.8. The number of nitrogens with one attached hydrogen (secondary N) is 2. The fraction of sp³-hybridized carbons (Fsp3) is 0.696. The standard InChI is InChI=1S/C23H34ClN3O/c1-15(20-13-17-6-7-18(20)12-17)26-23(28)16(2)25-21-14-19(24)8-9-22(21)27-10-4-3-5-11-27/h8-9,14-18,20,25H,3-7,10-13H2,1-2H3,(H,26,28). The van der Waals surface area contributed by atoms with Crippen molar-refractivity contribution in [3.8, 4) is 0 Å². The number of rotatable bonds is 6. The third kappa shape index (κ3) is 4.27. The summed E-state index contributed by atoms with van der Waals surface area (Å²) in [7, 11) is 0. The van der Waals surface area contributed by atoms with Gasteiger partial charge < -0.3 is 15.5 Å².